The second-order valence-electron chi connectivity index (χ2n) is 2.00. The Hall–Kier alpha value is -1.27. The van der Waals surface area contributed by atoms with Gasteiger partial charge in [0.1, 0.15) is 6.10 Å². The summed E-state index contributed by atoms with van der Waals surface area (Å²) in [6.07, 6.45) is 1.19. The summed E-state index contributed by atoms with van der Waals surface area (Å²) in [7, 11) is 0. The maximum Gasteiger partial charge on any atom is 0.107 e. The highest BCUT2D eigenvalue weighted by atomic mass is 16.3. The fourth-order valence-corrected chi connectivity index (χ4v) is 0.748. The Morgan fingerprint density at radius 2 is 2.60 bits per heavy atom. The van der Waals surface area contributed by atoms with Crippen LogP contribution in [0.3, 0.4) is 0 Å². The molecule has 0 aliphatic heterocycles. The molecule has 3 nitrogen and oxygen atoms in total. The monoisotopic (exact) mass is 136 g/mol. The summed E-state index contributed by atoms with van der Waals surface area (Å²) in [5, 5.41) is 17.4. The van der Waals surface area contributed by atoms with Gasteiger partial charge in [0.05, 0.1) is 12.5 Å². The minimum atomic E-state index is -0.667. The number of hydrogen-bond donors (Lipinski definition) is 2. The van der Waals surface area contributed by atoms with E-state index >= 15 is 0 Å². The lowest BCUT2D eigenvalue weighted by atomic mass is 10.2. The Bertz CT molecular complexity index is 222. The maximum atomic E-state index is 9.16. The molecule has 1 aromatic rings. The lowest BCUT2D eigenvalue weighted by molar-refractivity contribution is 0.179. The molecule has 52 valence electrons. The Morgan fingerprint density at radius 3 is 3.10 bits per heavy atom. The van der Waals surface area contributed by atoms with Gasteiger partial charge in [0.2, 0.25) is 0 Å². The Labute approximate surface area is 58.9 Å². The fourth-order valence-electron chi connectivity index (χ4n) is 0.748. The number of aromatic amines is 1. The summed E-state index contributed by atoms with van der Waals surface area (Å²) in [6, 6.07) is 5.43. The van der Waals surface area contributed by atoms with E-state index in [9.17, 15) is 0 Å². The highest BCUT2D eigenvalue weighted by Gasteiger charge is 2.05. The third-order valence-corrected chi connectivity index (χ3v) is 1.27. The number of aromatic nitrogens is 1. The van der Waals surface area contributed by atoms with Crippen molar-refractivity contribution < 1.29 is 5.11 Å². The van der Waals surface area contributed by atoms with Gasteiger partial charge in [-0.1, -0.05) is 0 Å². The summed E-state index contributed by atoms with van der Waals surface area (Å²) >= 11 is 0. The first-order valence-corrected chi connectivity index (χ1v) is 3.03. The molecule has 1 rings (SSSR count). The van der Waals surface area contributed by atoms with Gasteiger partial charge < -0.3 is 10.1 Å². The normalized spacial score (nSPS) is 12.4. The van der Waals surface area contributed by atoms with Crippen LogP contribution in [-0.2, 0) is 0 Å². The molecule has 0 saturated carbocycles. The van der Waals surface area contributed by atoms with Gasteiger partial charge in [-0.05, 0) is 12.1 Å². The van der Waals surface area contributed by atoms with E-state index in [4.69, 9.17) is 10.4 Å². The third kappa shape index (κ3) is 1.36. The molecule has 0 amide bonds. The highest BCUT2D eigenvalue weighted by molar-refractivity contribution is 5.08. The molecular formula is C7H8N2O. The molecule has 2 N–H and O–H groups in total. The average molecular weight is 136 g/mol. The van der Waals surface area contributed by atoms with Crippen LogP contribution in [-0.4, -0.2) is 10.1 Å². The van der Waals surface area contributed by atoms with Gasteiger partial charge >= 0.3 is 0 Å². The van der Waals surface area contributed by atoms with Crippen LogP contribution in [0.25, 0.3) is 0 Å². The van der Waals surface area contributed by atoms with Gasteiger partial charge in [-0.25, -0.2) is 0 Å². The first-order valence-electron chi connectivity index (χ1n) is 3.03. The van der Waals surface area contributed by atoms with Crippen molar-refractivity contribution in [2.24, 2.45) is 0 Å². The van der Waals surface area contributed by atoms with Crippen molar-refractivity contribution in [3.05, 3.63) is 24.0 Å². The minimum absolute atomic E-state index is 0.139. The van der Waals surface area contributed by atoms with Gasteiger partial charge in [0, 0.05) is 11.9 Å². The average Bonchev–Trinajstić information content (AvgIpc) is 2.38. The smallest absolute Gasteiger partial charge is 0.107 e. The topological polar surface area (TPSA) is 59.8 Å². The van der Waals surface area contributed by atoms with E-state index in [0.29, 0.717) is 5.69 Å². The predicted octanol–water partition coefficient (Wildman–Crippen LogP) is 0.962. The molecule has 0 aromatic carbocycles. The first kappa shape index (κ1) is 6.84. The van der Waals surface area contributed by atoms with Crippen molar-refractivity contribution in [2.75, 3.05) is 0 Å². The summed E-state index contributed by atoms with van der Waals surface area (Å²) in [5.74, 6) is 0. The van der Waals surface area contributed by atoms with Crippen molar-refractivity contribution in [1.82, 2.24) is 4.98 Å². The largest absolute Gasteiger partial charge is 0.386 e. The molecular weight excluding hydrogens is 128 g/mol. The van der Waals surface area contributed by atoms with E-state index in [1.54, 1.807) is 18.3 Å². The van der Waals surface area contributed by atoms with E-state index in [-0.39, 0.29) is 6.42 Å². The minimum Gasteiger partial charge on any atom is -0.386 e. The maximum absolute atomic E-state index is 9.16. The SMILES string of the molecule is N#CCC(O)c1ccc[nH]1. The lowest BCUT2D eigenvalue weighted by Crippen LogP contribution is -1.94. The van der Waals surface area contributed by atoms with Crippen LogP contribution in [0.15, 0.2) is 18.3 Å². The standard InChI is InChI=1S/C7H8N2O/c8-4-3-7(10)6-2-1-5-9-6/h1-2,5,7,9-10H,3H2. The summed E-state index contributed by atoms with van der Waals surface area (Å²) < 4.78 is 0. The number of rotatable bonds is 2. The molecule has 0 spiro atoms. The molecule has 0 bridgehead atoms. The number of aliphatic hydroxyl groups excluding tert-OH is 1. The number of hydrogen-bond acceptors (Lipinski definition) is 2. The summed E-state index contributed by atoms with van der Waals surface area (Å²) in [5.41, 5.74) is 0.696. The van der Waals surface area contributed by atoms with Gasteiger partial charge in [-0.3, -0.25) is 0 Å². The second-order valence-corrected chi connectivity index (χ2v) is 2.00. The van der Waals surface area contributed by atoms with Crippen molar-refractivity contribution in [3.63, 3.8) is 0 Å². The van der Waals surface area contributed by atoms with Crippen LogP contribution >= 0.6 is 0 Å². The molecule has 1 heterocycles. The predicted molar refractivity (Wildman–Crippen MR) is 36.0 cm³/mol. The van der Waals surface area contributed by atoms with Crippen LogP contribution in [0.4, 0.5) is 0 Å². The molecule has 0 aliphatic rings. The Kier molecular flexibility index (Phi) is 2.08. The van der Waals surface area contributed by atoms with E-state index < -0.39 is 6.10 Å². The fraction of sp³-hybridized carbons (Fsp3) is 0.286. The van der Waals surface area contributed by atoms with E-state index in [0.717, 1.165) is 0 Å². The van der Waals surface area contributed by atoms with Crippen molar-refractivity contribution >= 4 is 0 Å². The zero-order valence-corrected chi connectivity index (χ0v) is 5.41. The summed E-state index contributed by atoms with van der Waals surface area (Å²) in [6.45, 7) is 0. The van der Waals surface area contributed by atoms with Gasteiger partial charge in [-0.2, -0.15) is 5.26 Å². The molecule has 0 fully saturated rings. The van der Waals surface area contributed by atoms with Gasteiger partial charge in [-0.15, -0.1) is 0 Å². The molecule has 0 saturated heterocycles. The molecule has 0 aliphatic carbocycles. The van der Waals surface area contributed by atoms with E-state index in [1.807, 2.05) is 6.07 Å². The van der Waals surface area contributed by atoms with Crippen LogP contribution in [0.5, 0.6) is 0 Å². The van der Waals surface area contributed by atoms with E-state index in [2.05, 4.69) is 4.98 Å². The Morgan fingerprint density at radius 1 is 1.80 bits per heavy atom. The van der Waals surface area contributed by atoms with Crippen LogP contribution in [0.1, 0.15) is 18.2 Å². The van der Waals surface area contributed by atoms with E-state index in [1.165, 1.54) is 0 Å². The quantitative estimate of drug-likeness (QED) is 0.636. The van der Waals surface area contributed by atoms with Crippen molar-refractivity contribution in [1.29, 1.82) is 5.26 Å². The number of aliphatic hydroxyl groups is 1. The van der Waals surface area contributed by atoms with Crippen molar-refractivity contribution in [2.45, 2.75) is 12.5 Å². The first-order chi connectivity index (χ1) is 4.84. The van der Waals surface area contributed by atoms with Crippen LogP contribution in [0.2, 0.25) is 0 Å². The number of nitrogens with zero attached hydrogens (tertiary/aromatic N) is 1. The number of nitrogens with one attached hydrogen (secondary N) is 1. The summed E-state index contributed by atoms with van der Waals surface area (Å²) in [4.78, 5) is 2.82. The number of nitriles is 1. The zero-order chi connectivity index (χ0) is 7.40. The van der Waals surface area contributed by atoms with Gasteiger partial charge in [0.25, 0.3) is 0 Å². The van der Waals surface area contributed by atoms with Crippen molar-refractivity contribution in [3.8, 4) is 6.07 Å². The van der Waals surface area contributed by atoms with Gasteiger partial charge in [0.15, 0.2) is 0 Å². The van der Waals surface area contributed by atoms with Crippen LogP contribution < -0.4 is 0 Å². The molecule has 10 heavy (non-hydrogen) atoms. The molecule has 1 unspecified atom stereocenters. The third-order valence-electron chi connectivity index (χ3n) is 1.27. The molecule has 1 atom stereocenters. The molecule has 1 aromatic heterocycles. The van der Waals surface area contributed by atoms with Crippen LogP contribution in [0, 0.1) is 11.3 Å². The zero-order valence-electron chi connectivity index (χ0n) is 5.41. The highest BCUT2D eigenvalue weighted by Crippen LogP contribution is 2.11. The lowest BCUT2D eigenvalue weighted by Gasteiger charge is -2.00. The number of H-pyrrole nitrogens is 1. The molecule has 3 heteroatoms. The second kappa shape index (κ2) is 3.04. The Balaban J connectivity index is 2.61. The molecule has 0 radical (unpaired) electrons.